The Bertz CT molecular complexity index is 451. The molecule has 0 fully saturated rings. The van der Waals surface area contributed by atoms with Gasteiger partial charge in [-0.25, -0.2) is 0 Å². The van der Waals surface area contributed by atoms with Gasteiger partial charge >= 0.3 is 5.97 Å². The molecule has 21 heavy (non-hydrogen) atoms. The lowest BCUT2D eigenvalue weighted by Crippen LogP contribution is -2.40. The van der Waals surface area contributed by atoms with Gasteiger partial charge in [0.15, 0.2) is 0 Å². The topological polar surface area (TPSA) is 69.6 Å². The van der Waals surface area contributed by atoms with Gasteiger partial charge < -0.3 is 10.4 Å². The lowest BCUT2D eigenvalue weighted by atomic mass is 9.95. The molecular weight excluding hydrogens is 292 g/mol. The number of carboxylic acids is 1. The van der Waals surface area contributed by atoms with Crippen LogP contribution >= 0.6 is 12.4 Å². The molecule has 0 saturated heterocycles. The summed E-state index contributed by atoms with van der Waals surface area (Å²) in [6.07, 6.45) is 0. The average Bonchev–Trinajstić information content (AvgIpc) is 2.37. The van der Waals surface area contributed by atoms with E-state index in [0.29, 0.717) is 5.92 Å². The van der Waals surface area contributed by atoms with Gasteiger partial charge in [-0.05, 0) is 18.5 Å². The maximum atomic E-state index is 11.7. The van der Waals surface area contributed by atoms with Crippen LogP contribution in [0.4, 0.5) is 0 Å². The first-order valence-corrected chi connectivity index (χ1v) is 6.65. The van der Waals surface area contributed by atoms with Crippen LogP contribution in [0.25, 0.3) is 0 Å². The second kappa shape index (κ2) is 9.37. The van der Waals surface area contributed by atoms with Crippen LogP contribution in [-0.2, 0) is 9.59 Å². The number of likely N-dealkylation sites (N-methyl/N-ethyl adjacent to an activating group) is 1. The highest BCUT2D eigenvalue weighted by atomic mass is 35.5. The Hall–Kier alpha value is -1.59. The Kier molecular flexibility index (Phi) is 8.66. The predicted molar refractivity (Wildman–Crippen MR) is 84.5 cm³/mol. The van der Waals surface area contributed by atoms with Gasteiger partial charge in [-0.15, -0.1) is 12.4 Å². The maximum absolute atomic E-state index is 11.7. The number of carboxylic acid groups (broad SMARTS) is 1. The Morgan fingerprint density at radius 2 is 1.81 bits per heavy atom. The number of benzene rings is 1. The number of nitrogens with one attached hydrogen (secondary N) is 1. The van der Waals surface area contributed by atoms with Crippen molar-refractivity contribution in [3.8, 4) is 0 Å². The Labute approximate surface area is 131 Å². The zero-order valence-corrected chi connectivity index (χ0v) is 13.4. The van der Waals surface area contributed by atoms with Crippen LogP contribution in [0.3, 0.4) is 0 Å². The van der Waals surface area contributed by atoms with Crippen molar-refractivity contribution >= 4 is 24.3 Å². The number of carbonyl (C=O) groups is 2. The summed E-state index contributed by atoms with van der Waals surface area (Å²) < 4.78 is 0. The minimum Gasteiger partial charge on any atom is -0.480 e. The minimum absolute atomic E-state index is 0. The number of carbonyl (C=O) groups excluding carboxylic acids is 1. The van der Waals surface area contributed by atoms with Crippen LogP contribution in [0, 0.1) is 5.92 Å². The van der Waals surface area contributed by atoms with Crippen molar-refractivity contribution in [3.63, 3.8) is 0 Å². The van der Waals surface area contributed by atoms with Crippen LogP contribution in [0.5, 0.6) is 0 Å². The van der Waals surface area contributed by atoms with E-state index in [1.54, 1.807) is 0 Å². The van der Waals surface area contributed by atoms with E-state index < -0.39 is 5.97 Å². The van der Waals surface area contributed by atoms with E-state index in [1.165, 1.54) is 0 Å². The number of amides is 1. The van der Waals surface area contributed by atoms with Crippen LogP contribution < -0.4 is 5.32 Å². The average molecular weight is 315 g/mol. The SMILES string of the molecule is CC(C)C(c1ccccc1)N(C)CC(=O)NCC(=O)O.Cl. The van der Waals surface area contributed by atoms with Gasteiger partial charge in [-0.3, -0.25) is 14.5 Å². The van der Waals surface area contributed by atoms with E-state index in [1.807, 2.05) is 42.3 Å². The molecule has 0 saturated carbocycles. The highest BCUT2D eigenvalue weighted by molar-refractivity contribution is 5.85. The predicted octanol–water partition coefficient (Wildman–Crippen LogP) is 1.94. The summed E-state index contributed by atoms with van der Waals surface area (Å²) in [5.74, 6) is -0.976. The third-order valence-electron chi connectivity index (χ3n) is 3.08. The van der Waals surface area contributed by atoms with Crippen LogP contribution in [0.2, 0.25) is 0 Å². The summed E-state index contributed by atoms with van der Waals surface area (Å²) in [5.41, 5.74) is 1.15. The number of hydrogen-bond acceptors (Lipinski definition) is 3. The van der Waals surface area contributed by atoms with Gasteiger partial charge in [0.05, 0.1) is 6.54 Å². The van der Waals surface area contributed by atoms with E-state index in [9.17, 15) is 9.59 Å². The molecule has 0 aliphatic heterocycles. The first-order valence-electron chi connectivity index (χ1n) is 6.65. The summed E-state index contributed by atoms with van der Waals surface area (Å²) in [6.45, 7) is 4.03. The molecule has 1 rings (SSSR count). The molecule has 0 aliphatic carbocycles. The van der Waals surface area contributed by atoms with Gasteiger partial charge in [-0.1, -0.05) is 44.2 Å². The molecule has 1 aromatic carbocycles. The molecule has 2 N–H and O–H groups in total. The Morgan fingerprint density at radius 1 is 1.24 bits per heavy atom. The summed E-state index contributed by atoms with van der Waals surface area (Å²) in [5, 5.41) is 10.9. The molecule has 0 radical (unpaired) electrons. The normalized spacial score (nSPS) is 11.9. The smallest absolute Gasteiger partial charge is 0.322 e. The Balaban J connectivity index is 0.00000400. The standard InChI is InChI=1S/C15H22N2O3.ClH/c1-11(2)15(12-7-5-4-6-8-12)17(3)10-13(18)16-9-14(19)20;/h4-8,11,15H,9-10H2,1-3H3,(H,16,18)(H,19,20);1H. The molecule has 0 heterocycles. The zero-order chi connectivity index (χ0) is 15.1. The summed E-state index contributed by atoms with van der Waals surface area (Å²) in [7, 11) is 1.87. The van der Waals surface area contributed by atoms with Gasteiger partial charge in [-0.2, -0.15) is 0 Å². The van der Waals surface area contributed by atoms with Crippen molar-refractivity contribution in [3.05, 3.63) is 35.9 Å². The van der Waals surface area contributed by atoms with Crippen LogP contribution in [0.15, 0.2) is 30.3 Å². The third kappa shape index (κ3) is 6.60. The molecule has 0 aromatic heterocycles. The monoisotopic (exact) mass is 314 g/mol. The molecule has 1 amide bonds. The fourth-order valence-corrected chi connectivity index (χ4v) is 2.35. The molecule has 6 heteroatoms. The lowest BCUT2D eigenvalue weighted by molar-refractivity contribution is -0.138. The first-order chi connectivity index (χ1) is 9.41. The van der Waals surface area contributed by atoms with Crippen molar-refractivity contribution in [2.24, 2.45) is 5.92 Å². The molecule has 1 unspecified atom stereocenters. The third-order valence-corrected chi connectivity index (χ3v) is 3.08. The quantitative estimate of drug-likeness (QED) is 0.807. The van der Waals surface area contributed by atoms with Gasteiger partial charge in [0.1, 0.15) is 6.54 Å². The molecule has 0 bridgehead atoms. The van der Waals surface area contributed by atoms with Gasteiger partial charge in [0, 0.05) is 6.04 Å². The number of aliphatic carboxylic acids is 1. The number of halogens is 1. The van der Waals surface area contributed by atoms with E-state index >= 15 is 0 Å². The van der Waals surface area contributed by atoms with Crippen LogP contribution in [0.1, 0.15) is 25.5 Å². The summed E-state index contributed by atoms with van der Waals surface area (Å²) >= 11 is 0. The Morgan fingerprint density at radius 3 is 2.29 bits per heavy atom. The van der Waals surface area contributed by atoms with Gasteiger partial charge in [0.25, 0.3) is 0 Å². The van der Waals surface area contributed by atoms with Crippen molar-refractivity contribution in [1.82, 2.24) is 10.2 Å². The highest BCUT2D eigenvalue weighted by Crippen LogP contribution is 2.26. The molecular formula is C15H23ClN2O3. The molecule has 1 atom stereocenters. The van der Waals surface area contributed by atoms with E-state index in [4.69, 9.17) is 5.11 Å². The highest BCUT2D eigenvalue weighted by Gasteiger charge is 2.22. The number of hydrogen-bond donors (Lipinski definition) is 2. The molecule has 0 aliphatic rings. The summed E-state index contributed by atoms with van der Waals surface area (Å²) in [4.78, 5) is 24.1. The number of rotatable bonds is 7. The second-order valence-electron chi connectivity index (χ2n) is 5.19. The molecule has 118 valence electrons. The molecule has 0 spiro atoms. The largest absolute Gasteiger partial charge is 0.480 e. The lowest BCUT2D eigenvalue weighted by Gasteiger charge is -2.31. The van der Waals surface area contributed by atoms with Crippen molar-refractivity contribution in [2.75, 3.05) is 20.1 Å². The van der Waals surface area contributed by atoms with Gasteiger partial charge in [0.2, 0.25) is 5.91 Å². The van der Waals surface area contributed by atoms with E-state index in [0.717, 1.165) is 5.56 Å². The molecule has 1 aromatic rings. The fourth-order valence-electron chi connectivity index (χ4n) is 2.35. The fraction of sp³-hybridized carbons (Fsp3) is 0.467. The summed E-state index contributed by atoms with van der Waals surface area (Å²) in [6, 6.07) is 10.1. The van der Waals surface area contributed by atoms with Crippen molar-refractivity contribution in [2.45, 2.75) is 19.9 Å². The maximum Gasteiger partial charge on any atom is 0.322 e. The zero-order valence-electron chi connectivity index (χ0n) is 12.6. The van der Waals surface area contributed by atoms with Crippen molar-refractivity contribution < 1.29 is 14.7 Å². The number of nitrogens with zero attached hydrogens (tertiary/aromatic N) is 1. The van der Waals surface area contributed by atoms with Crippen molar-refractivity contribution in [1.29, 1.82) is 0 Å². The van der Waals surface area contributed by atoms with E-state index in [-0.39, 0.29) is 37.4 Å². The first kappa shape index (κ1) is 19.4. The van der Waals surface area contributed by atoms with E-state index in [2.05, 4.69) is 19.2 Å². The van der Waals surface area contributed by atoms with Crippen LogP contribution in [-0.4, -0.2) is 42.0 Å². The second-order valence-corrected chi connectivity index (χ2v) is 5.19. The molecule has 5 nitrogen and oxygen atoms in total. The minimum atomic E-state index is -1.04.